The highest BCUT2D eigenvalue weighted by Gasteiger charge is 2.30. The fourth-order valence-corrected chi connectivity index (χ4v) is 4.67. The number of hydrogen-bond donors (Lipinski definition) is 1. The van der Waals surface area contributed by atoms with Gasteiger partial charge in [0.1, 0.15) is 17.5 Å². The van der Waals surface area contributed by atoms with Gasteiger partial charge in [-0.1, -0.05) is 19.1 Å². The molecule has 0 aliphatic carbocycles. The number of nitrogens with one attached hydrogen (secondary N) is 1. The van der Waals surface area contributed by atoms with Gasteiger partial charge in [-0.2, -0.15) is 0 Å². The standard InChI is InChI=1S/C23H32N2O5S/c1-7-21(18-9-14-22(29-5)16(3)15-18)24-23(26)17(4)25(31(6,27)28)19-10-12-20(13-11-19)30-8-2/h9-15,17,21H,7-8H2,1-6H3,(H,24,26)/t17-,21-/m0/s1. The van der Waals surface area contributed by atoms with Gasteiger partial charge in [0.2, 0.25) is 15.9 Å². The number of carbonyl (C=O) groups excluding carboxylic acids is 1. The topological polar surface area (TPSA) is 84.9 Å². The number of aryl methyl sites for hydroxylation is 1. The maximum atomic E-state index is 13.1. The van der Waals surface area contributed by atoms with Crippen LogP contribution in [0, 0.1) is 6.92 Å². The van der Waals surface area contributed by atoms with E-state index in [0.29, 0.717) is 24.5 Å². The Balaban J connectivity index is 2.26. The highest BCUT2D eigenvalue weighted by atomic mass is 32.2. The van der Waals surface area contributed by atoms with Crippen LogP contribution in [0.5, 0.6) is 11.5 Å². The predicted molar refractivity (Wildman–Crippen MR) is 123 cm³/mol. The predicted octanol–water partition coefficient (Wildman–Crippen LogP) is 3.82. The van der Waals surface area contributed by atoms with Gasteiger partial charge in [0.15, 0.2) is 0 Å². The first-order chi connectivity index (χ1) is 14.6. The summed E-state index contributed by atoms with van der Waals surface area (Å²) in [5.41, 5.74) is 2.31. The number of amides is 1. The normalized spacial score (nSPS) is 13.2. The molecule has 0 aliphatic rings. The SMILES string of the molecule is CCOc1ccc(N([C@@H](C)C(=O)N[C@@H](CC)c2ccc(OC)c(C)c2)S(C)(=O)=O)cc1. The molecule has 31 heavy (non-hydrogen) atoms. The Morgan fingerprint density at radius 1 is 1.13 bits per heavy atom. The van der Waals surface area contributed by atoms with Crippen molar-refractivity contribution in [2.45, 2.75) is 46.2 Å². The van der Waals surface area contributed by atoms with Gasteiger partial charge < -0.3 is 14.8 Å². The fraction of sp³-hybridized carbons (Fsp3) is 0.435. The van der Waals surface area contributed by atoms with E-state index in [9.17, 15) is 13.2 Å². The summed E-state index contributed by atoms with van der Waals surface area (Å²) in [7, 11) is -2.08. The molecule has 8 heteroatoms. The summed E-state index contributed by atoms with van der Waals surface area (Å²) in [5, 5.41) is 2.99. The first-order valence-electron chi connectivity index (χ1n) is 10.3. The van der Waals surface area contributed by atoms with Crippen molar-refractivity contribution in [2.24, 2.45) is 0 Å². The molecule has 7 nitrogen and oxygen atoms in total. The molecule has 0 aliphatic heterocycles. The Hall–Kier alpha value is -2.74. The van der Waals surface area contributed by atoms with Gasteiger partial charge in [0.05, 0.1) is 31.7 Å². The lowest BCUT2D eigenvalue weighted by Crippen LogP contribution is -2.48. The number of rotatable bonds is 10. The van der Waals surface area contributed by atoms with Gasteiger partial charge in [-0.05, 0) is 68.7 Å². The van der Waals surface area contributed by atoms with Gasteiger partial charge in [-0.3, -0.25) is 9.10 Å². The number of ether oxygens (including phenoxy) is 2. The highest BCUT2D eigenvalue weighted by Crippen LogP contribution is 2.26. The molecule has 2 rings (SSSR count). The van der Waals surface area contributed by atoms with Crippen molar-refractivity contribution >= 4 is 21.6 Å². The largest absolute Gasteiger partial charge is 0.496 e. The molecular formula is C23H32N2O5S. The quantitative estimate of drug-likeness (QED) is 0.597. The zero-order chi connectivity index (χ0) is 23.2. The number of sulfonamides is 1. The molecule has 2 atom stereocenters. The molecule has 170 valence electrons. The molecule has 0 saturated heterocycles. The maximum Gasteiger partial charge on any atom is 0.244 e. The van der Waals surface area contributed by atoms with E-state index in [1.165, 1.54) is 0 Å². The Morgan fingerprint density at radius 2 is 1.77 bits per heavy atom. The van der Waals surface area contributed by atoms with Crippen molar-refractivity contribution in [2.75, 3.05) is 24.3 Å². The van der Waals surface area contributed by atoms with E-state index in [0.717, 1.165) is 27.4 Å². The Kier molecular flexibility index (Phi) is 8.33. The van der Waals surface area contributed by atoms with Gasteiger partial charge in [0.25, 0.3) is 0 Å². The average Bonchev–Trinajstić information content (AvgIpc) is 2.72. The smallest absolute Gasteiger partial charge is 0.244 e. The van der Waals surface area contributed by atoms with E-state index in [-0.39, 0.29) is 11.9 Å². The van der Waals surface area contributed by atoms with Crippen LogP contribution in [0.4, 0.5) is 5.69 Å². The molecule has 0 fully saturated rings. The number of hydrogen-bond acceptors (Lipinski definition) is 5. The molecular weight excluding hydrogens is 416 g/mol. The minimum absolute atomic E-state index is 0.249. The van der Waals surface area contributed by atoms with Crippen molar-refractivity contribution in [3.05, 3.63) is 53.6 Å². The zero-order valence-electron chi connectivity index (χ0n) is 19.0. The second-order valence-corrected chi connectivity index (χ2v) is 9.22. The number of nitrogens with zero attached hydrogens (tertiary/aromatic N) is 1. The summed E-state index contributed by atoms with van der Waals surface area (Å²) in [4.78, 5) is 13.1. The van der Waals surface area contributed by atoms with Crippen molar-refractivity contribution in [1.82, 2.24) is 5.32 Å². The second-order valence-electron chi connectivity index (χ2n) is 7.36. The van der Waals surface area contributed by atoms with E-state index in [4.69, 9.17) is 9.47 Å². The van der Waals surface area contributed by atoms with Crippen LogP contribution in [0.15, 0.2) is 42.5 Å². The molecule has 0 spiro atoms. The number of carbonyl (C=O) groups is 1. The monoisotopic (exact) mass is 448 g/mol. The minimum Gasteiger partial charge on any atom is -0.496 e. The van der Waals surface area contributed by atoms with Crippen LogP contribution in [0.1, 0.15) is 44.4 Å². The van der Waals surface area contributed by atoms with Crippen molar-refractivity contribution < 1.29 is 22.7 Å². The Bertz CT molecular complexity index is 990. The zero-order valence-corrected chi connectivity index (χ0v) is 19.8. The summed E-state index contributed by atoms with van der Waals surface area (Å²) >= 11 is 0. The van der Waals surface area contributed by atoms with Crippen molar-refractivity contribution in [3.8, 4) is 11.5 Å². The summed E-state index contributed by atoms with van der Waals surface area (Å²) in [6.45, 7) is 7.88. The molecule has 0 saturated carbocycles. The van der Waals surface area contributed by atoms with Crippen LogP contribution >= 0.6 is 0 Å². The third-order valence-electron chi connectivity index (χ3n) is 5.04. The first-order valence-corrected chi connectivity index (χ1v) is 12.1. The Morgan fingerprint density at radius 3 is 2.26 bits per heavy atom. The van der Waals surface area contributed by atoms with Gasteiger partial charge in [-0.25, -0.2) is 8.42 Å². The van der Waals surface area contributed by atoms with Crippen molar-refractivity contribution in [1.29, 1.82) is 0 Å². The maximum absolute atomic E-state index is 13.1. The molecule has 0 bridgehead atoms. The van der Waals surface area contributed by atoms with Crippen LogP contribution in [0.2, 0.25) is 0 Å². The fourth-order valence-electron chi connectivity index (χ4n) is 3.50. The summed E-state index contributed by atoms with van der Waals surface area (Å²) in [6, 6.07) is 11.2. The van der Waals surface area contributed by atoms with Crippen LogP contribution in [0.25, 0.3) is 0 Å². The molecule has 2 aromatic rings. The van der Waals surface area contributed by atoms with Crippen LogP contribution < -0.4 is 19.1 Å². The van der Waals surface area contributed by atoms with E-state index in [2.05, 4.69) is 5.32 Å². The second kappa shape index (κ2) is 10.5. The number of methoxy groups -OCH3 is 1. The number of benzene rings is 2. The molecule has 0 radical (unpaired) electrons. The average molecular weight is 449 g/mol. The summed E-state index contributed by atoms with van der Waals surface area (Å²) in [5.74, 6) is 1.04. The third kappa shape index (κ3) is 6.13. The number of anilines is 1. The lowest BCUT2D eigenvalue weighted by atomic mass is 10.0. The van der Waals surface area contributed by atoms with Crippen LogP contribution in [-0.4, -0.2) is 40.3 Å². The van der Waals surface area contributed by atoms with Crippen molar-refractivity contribution in [3.63, 3.8) is 0 Å². The van der Waals surface area contributed by atoms with Gasteiger partial charge >= 0.3 is 0 Å². The lowest BCUT2D eigenvalue weighted by molar-refractivity contribution is -0.122. The molecule has 0 unspecified atom stereocenters. The minimum atomic E-state index is -3.70. The van der Waals surface area contributed by atoms with Crippen LogP contribution in [-0.2, 0) is 14.8 Å². The van der Waals surface area contributed by atoms with Crippen LogP contribution in [0.3, 0.4) is 0 Å². The lowest BCUT2D eigenvalue weighted by Gasteiger charge is -2.30. The highest BCUT2D eigenvalue weighted by molar-refractivity contribution is 7.92. The third-order valence-corrected chi connectivity index (χ3v) is 6.28. The molecule has 0 heterocycles. The Labute approximate surface area is 185 Å². The van der Waals surface area contributed by atoms with E-state index in [1.807, 2.05) is 39.0 Å². The van der Waals surface area contributed by atoms with Gasteiger partial charge in [0, 0.05) is 0 Å². The van der Waals surface area contributed by atoms with E-state index >= 15 is 0 Å². The molecule has 1 N–H and O–H groups in total. The summed E-state index contributed by atoms with van der Waals surface area (Å²) < 4.78 is 36.9. The molecule has 1 amide bonds. The van der Waals surface area contributed by atoms with E-state index in [1.54, 1.807) is 38.3 Å². The van der Waals surface area contributed by atoms with Gasteiger partial charge in [-0.15, -0.1) is 0 Å². The van der Waals surface area contributed by atoms with E-state index < -0.39 is 16.1 Å². The summed E-state index contributed by atoms with van der Waals surface area (Å²) in [6.07, 6.45) is 1.75. The first kappa shape index (κ1) is 24.5. The molecule has 0 aromatic heterocycles. The molecule has 2 aromatic carbocycles.